The Bertz CT molecular complexity index is 1380. The minimum atomic E-state index is -0.217. The van der Waals surface area contributed by atoms with E-state index in [0.29, 0.717) is 28.8 Å². The summed E-state index contributed by atoms with van der Waals surface area (Å²) in [7, 11) is 1.59. The van der Waals surface area contributed by atoms with E-state index in [1.54, 1.807) is 25.3 Å². The summed E-state index contributed by atoms with van der Waals surface area (Å²) in [6.45, 7) is 0.813. The second-order valence-electron chi connectivity index (χ2n) is 7.39. The average molecular weight is 446 g/mol. The normalized spacial score (nSPS) is 10.8. The Morgan fingerprint density at radius 2 is 1.81 bits per heavy atom. The van der Waals surface area contributed by atoms with Crippen LogP contribution in [-0.2, 0) is 13.0 Å². The van der Waals surface area contributed by atoms with Gasteiger partial charge in [0, 0.05) is 17.7 Å². The third-order valence-corrected chi connectivity index (χ3v) is 5.63. The van der Waals surface area contributed by atoms with Crippen LogP contribution in [0.5, 0.6) is 5.75 Å². The number of para-hydroxylation sites is 1. The molecule has 0 radical (unpaired) electrons. The van der Waals surface area contributed by atoms with Crippen LogP contribution < -0.4 is 15.6 Å². The number of benzene rings is 3. The first kappa shape index (κ1) is 21.5. The molecule has 4 rings (SSSR count). The highest BCUT2D eigenvalue weighted by molar-refractivity contribution is 7.71. The zero-order valence-electron chi connectivity index (χ0n) is 17.6. The van der Waals surface area contributed by atoms with Crippen molar-refractivity contribution in [2.24, 2.45) is 0 Å². The molecule has 0 atom stereocenters. The number of ether oxygens (including phenoxy) is 1. The molecular formula is C25H23N3O3S. The lowest BCUT2D eigenvalue weighted by Gasteiger charge is -2.12. The first-order chi connectivity index (χ1) is 15.6. The fourth-order valence-corrected chi connectivity index (χ4v) is 3.87. The number of nitrogens with one attached hydrogen (secondary N) is 2. The zero-order chi connectivity index (χ0) is 22.5. The molecule has 0 fully saturated rings. The molecule has 1 aromatic heterocycles. The molecule has 3 aromatic carbocycles. The van der Waals surface area contributed by atoms with E-state index < -0.39 is 0 Å². The molecular weight excluding hydrogens is 422 g/mol. The Hall–Kier alpha value is -3.71. The number of aromatic amines is 1. The first-order valence-electron chi connectivity index (χ1n) is 10.3. The van der Waals surface area contributed by atoms with Crippen molar-refractivity contribution in [3.63, 3.8) is 0 Å². The number of hydrogen-bond donors (Lipinski definition) is 2. The highest BCUT2D eigenvalue weighted by atomic mass is 32.1. The quantitative estimate of drug-likeness (QED) is 0.420. The smallest absolute Gasteiger partial charge is 0.262 e. The minimum Gasteiger partial charge on any atom is -0.496 e. The highest BCUT2D eigenvalue weighted by Crippen LogP contribution is 2.19. The van der Waals surface area contributed by atoms with Crippen molar-refractivity contribution in [3.05, 3.63) is 105 Å². The molecule has 0 saturated heterocycles. The second kappa shape index (κ2) is 9.62. The summed E-state index contributed by atoms with van der Waals surface area (Å²) in [4.78, 5) is 28.8. The Morgan fingerprint density at radius 1 is 1.06 bits per heavy atom. The number of methoxy groups -OCH3 is 1. The summed E-state index contributed by atoms with van der Waals surface area (Å²) < 4.78 is 7.17. The summed E-state index contributed by atoms with van der Waals surface area (Å²) in [5.74, 6) is 0.497. The second-order valence-corrected chi connectivity index (χ2v) is 7.77. The average Bonchev–Trinajstić information content (AvgIpc) is 2.82. The number of nitrogens with zero attached hydrogens (tertiary/aromatic N) is 1. The highest BCUT2D eigenvalue weighted by Gasteiger charge is 2.12. The lowest BCUT2D eigenvalue weighted by atomic mass is 10.1. The van der Waals surface area contributed by atoms with E-state index in [4.69, 9.17) is 17.0 Å². The third-order valence-electron chi connectivity index (χ3n) is 5.31. The molecule has 7 heteroatoms. The van der Waals surface area contributed by atoms with Gasteiger partial charge in [0.1, 0.15) is 5.75 Å². The van der Waals surface area contributed by atoms with Gasteiger partial charge in [-0.25, -0.2) is 0 Å². The monoisotopic (exact) mass is 445 g/mol. The number of fused-ring (bicyclic) bond motifs is 1. The molecule has 0 aliphatic rings. The van der Waals surface area contributed by atoms with Crippen LogP contribution in [0.2, 0.25) is 0 Å². The van der Waals surface area contributed by atoms with Gasteiger partial charge in [0.2, 0.25) is 0 Å². The molecule has 0 bridgehead atoms. The molecule has 1 amide bonds. The number of H-pyrrole nitrogens is 1. The Morgan fingerprint density at radius 3 is 2.59 bits per heavy atom. The van der Waals surface area contributed by atoms with Crippen LogP contribution in [0.15, 0.2) is 77.6 Å². The van der Waals surface area contributed by atoms with Gasteiger partial charge in [-0.05, 0) is 48.5 Å². The van der Waals surface area contributed by atoms with Crippen LogP contribution in [0.3, 0.4) is 0 Å². The van der Waals surface area contributed by atoms with E-state index in [9.17, 15) is 9.59 Å². The predicted molar refractivity (Wildman–Crippen MR) is 128 cm³/mol. The molecule has 162 valence electrons. The number of hydrogen-bond acceptors (Lipinski definition) is 4. The van der Waals surface area contributed by atoms with Crippen molar-refractivity contribution in [2.45, 2.75) is 13.0 Å². The van der Waals surface area contributed by atoms with Crippen molar-refractivity contribution in [3.8, 4) is 5.75 Å². The van der Waals surface area contributed by atoms with Gasteiger partial charge in [0.15, 0.2) is 4.77 Å². The molecule has 2 N–H and O–H groups in total. The van der Waals surface area contributed by atoms with Gasteiger partial charge in [-0.3, -0.25) is 14.2 Å². The molecule has 32 heavy (non-hydrogen) atoms. The topological polar surface area (TPSA) is 76.1 Å². The summed E-state index contributed by atoms with van der Waals surface area (Å²) in [6, 6.07) is 22.5. The van der Waals surface area contributed by atoms with E-state index in [1.807, 2.05) is 54.6 Å². The SMILES string of the molecule is COc1ccccc1Cn1c(=S)[nH]c2cc(C(=O)NCCc3ccccc3)ccc2c1=O. The number of aromatic nitrogens is 2. The maximum Gasteiger partial charge on any atom is 0.262 e. The standard InChI is InChI=1S/C25H23N3O3S/c1-31-22-10-6-5-9-19(22)16-28-24(30)20-12-11-18(15-21(20)27-25(28)32)23(29)26-14-13-17-7-3-2-4-8-17/h2-12,15H,13-14,16H2,1H3,(H,26,29)(H,27,32). The summed E-state index contributed by atoms with van der Waals surface area (Å²) in [5, 5.41) is 3.39. The van der Waals surface area contributed by atoms with Gasteiger partial charge in [-0.15, -0.1) is 0 Å². The Balaban J connectivity index is 1.56. The molecule has 0 unspecified atom stereocenters. The largest absolute Gasteiger partial charge is 0.496 e. The molecule has 0 aliphatic heterocycles. The number of rotatable bonds is 7. The molecule has 0 aliphatic carbocycles. The van der Waals surface area contributed by atoms with E-state index in [1.165, 1.54) is 4.57 Å². The third kappa shape index (κ3) is 4.63. The fraction of sp³-hybridized carbons (Fsp3) is 0.160. The van der Waals surface area contributed by atoms with Gasteiger partial charge < -0.3 is 15.0 Å². The maximum absolute atomic E-state index is 13.1. The van der Waals surface area contributed by atoms with Crippen molar-refractivity contribution in [1.82, 2.24) is 14.9 Å². The van der Waals surface area contributed by atoms with E-state index >= 15 is 0 Å². The molecule has 4 aromatic rings. The van der Waals surface area contributed by atoms with Crippen LogP contribution in [0.4, 0.5) is 0 Å². The van der Waals surface area contributed by atoms with E-state index in [-0.39, 0.29) is 22.8 Å². The summed E-state index contributed by atoms with van der Waals surface area (Å²) in [5.41, 5.74) is 2.80. The number of carbonyl (C=O) groups excluding carboxylic acids is 1. The van der Waals surface area contributed by atoms with Crippen molar-refractivity contribution >= 4 is 29.0 Å². The van der Waals surface area contributed by atoms with E-state index in [0.717, 1.165) is 17.5 Å². The minimum absolute atomic E-state index is 0.194. The molecule has 0 spiro atoms. The molecule has 1 heterocycles. The van der Waals surface area contributed by atoms with Gasteiger partial charge >= 0.3 is 0 Å². The zero-order valence-corrected chi connectivity index (χ0v) is 18.4. The van der Waals surface area contributed by atoms with Gasteiger partial charge in [0.25, 0.3) is 11.5 Å². The van der Waals surface area contributed by atoms with E-state index in [2.05, 4.69) is 10.3 Å². The van der Waals surface area contributed by atoms with Gasteiger partial charge in [0.05, 0.1) is 24.6 Å². The van der Waals surface area contributed by atoms with Crippen molar-refractivity contribution < 1.29 is 9.53 Å². The Kier molecular flexibility index (Phi) is 6.47. The van der Waals surface area contributed by atoms with Gasteiger partial charge in [-0.1, -0.05) is 48.5 Å². The fourth-order valence-electron chi connectivity index (χ4n) is 3.61. The van der Waals surface area contributed by atoms with Crippen molar-refractivity contribution in [1.29, 1.82) is 0 Å². The van der Waals surface area contributed by atoms with Crippen molar-refractivity contribution in [2.75, 3.05) is 13.7 Å². The van der Waals surface area contributed by atoms with Gasteiger partial charge in [-0.2, -0.15) is 0 Å². The molecule has 6 nitrogen and oxygen atoms in total. The van der Waals surface area contributed by atoms with Crippen LogP contribution in [0.25, 0.3) is 10.9 Å². The summed E-state index contributed by atoms with van der Waals surface area (Å²) in [6.07, 6.45) is 0.746. The predicted octanol–water partition coefficient (Wildman–Crippen LogP) is 4.09. The number of amides is 1. The lowest BCUT2D eigenvalue weighted by molar-refractivity contribution is 0.0954. The van der Waals surface area contributed by atoms with Crippen LogP contribution in [0.1, 0.15) is 21.5 Å². The number of carbonyl (C=O) groups is 1. The molecule has 0 saturated carbocycles. The maximum atomic E-state index is 13.1. The summed E-state index contributed by atoms with van der Waals surface area (Å²) >= 11 is 5.44. The lowest BCUT2D eigenvalue weighted by Crippen LogP contribution is -2.26. The van der Waals surface area contributed by atoms with Crippen LogP contribution >= 0.6 is 12.2 Å². The van der Waals surface area contributed by atoms with Crippen LogP contribution in [0, 0.1) is 4.77 Å². The first-order valence-corrected chi connectivity index (χ1v) is 10.7. The van der Waals surface area contributed by atoms with Crippen LogP contribution in [-0.4, -0.2) is 29.1 Å². The Labute approximate surface area is 190 Å².